The Morgan fingerprint density at radius 3 is 2.23 bits per heavy atom. The van der Waals surface area contributed by atoms with E-state index in [0.29, 0.717) is 29.8 Å². The van der Waals surface area contributed by atoms with Gasteiger partial charge in [0.15, 0.2) is 0 Å². The topological polar surface area (TPSA) is 86.8 Å². The molecule has 3 aromatic rings. The Labute approximate surface area is 263 Å². The first kappa shape index (κ1) is 33.0. The van der Waals surface area contributed by atoms with Crippen molar-refractivity contribution in [2.45, 2.75) is 85.5 Å². The minimum absolute atomic E-state index is 0.0578. The lowest BCUT2D eigenvalue weighted by molar-refractivity contribution is 0.0930. The van der Waals surface area contributed by atoms with E-state index in [9.17, 15) is 9.59 Å². The zero-order valence-corrected chi connectivity index (χ0v) is 27.4. The lowest BCUT2D eigenvalue weighted by atomic mass is 9.97. The van der Waals surface area contributed by atoms with Crippen molar-refractivity contribution in [3.8, 4) is 5.75 Å². The highest BCUT2D eigenvalue weighted by molar-refractivity contribution is 6.00. The number of aryl methyl sites for hydroxylation is 3. The van der Waals surface area contributed by atoms with Gasteiger partial charge in [-0.15, -0.1) is 0 Å². The van der Waals surface area contributed by atoms with Crippen molar-refractivity contribution in [3.05, 3.63) is 88.2 Å². The number of hydrogen-bond acceptors (Lipinski definition) is 6. The zero-order chi connectivity index (χ0) is 31.8. The summed E-state index contributed by atoms with van der Waals surface area (Å²) >= 11 is 0. The standard InChI is InChI=1S/C36H49N5O3/c1-24(2)39-35(42)29-20-26(4)34(27(5)21-29)36(43)38-17-13-28(6)40-18-14-32(15-19-40)41(23-30-22-37-16-12-25(30)3)31-8-10-33(44-7)11-9-31/h8-12,16,20-22,24,28,32H,13-15,17-19,23H2,1-7H3,(H,38,43)(H,39,42). The molecule has 1 aromatic heterocycles. The van der Waals surface area contributed by atoms with Gasteiger partial charge < -0.3 is 25.2 Å². The number of hydrogen-bond donors (Lipinski definition) is 2. The molecule has 1 saturated heterocycles. The van der Waals surface area contributed by atoms with Crippen LogP contribution in [0.4, 0.5) is 5.69 Å². The molecule has 0 bridgehead atoms. The average molecular weight is 600 g/mol. The minimum Gasteiger partial charge on any atom is -0.497 e. The minimum atomic E-state index is -0.116. The molecule has 2 heterocycles. The smallest absolute Gasteiger partial charge is 0.251 e. The first-order valence-corrected chi connectivity index (χ1v) is 15.8. The largest absolute Gasteiger partial charge is 0.497 e. The average Bonchev–Trinajstić information content (AvgIpc) is 3.00. The van der Waals surface area contributed by atoms with Crippen molar-refractivity contribution in [2.24, 2.45) is 0 Å². The molecule has 0 radical (unpaired) electrons. The molecule has 2 aromatic carbocycles. The molecule has 8 heteroatoms. The molecule has 1 fully saturated rings. The lowest BCUT2D eigenvalue weighted by Crippen LogP contribution is -2.48. The second kappa shape index (κ2) is 15.2. The number of nitrogens with one attached hydrogen (secondary N) is 2. The van der Waals surface area contributed by atoms with Crippen molar-refractivity contribution >= 4 is 17.5 Å². The Morgan fingerprint density at radius 1 is 0.977 bits per heavy atom. The van der Waals surface area contributed by atoms with Gasteiger partial charge in [-0.05, 0) is 126 Å². The van der Waals surface area contributed by atoms with Crippen LogP contribution in [0, 0.1) is 20.8 Å². The van der Waals surface area contributed by atoms with Gasteiger partial charge in [-0.2, -0.15) is 0 Å². The van der Waals surface area contributed by atoms with Crippen LogP contribution in [0.15, 0.2) is 54.9 Å². The summed E-state index contributed by atoms with van der Waals surface area (Å²) in [6.45, 7) is 15.5. The fraction of sp³-hybridized carbons (Fsp3) is 0.472. The zero-order valence-electron chi connectivity index (χ0n) is 27.4. The van der Waals surface area contributed by atoms with E-state index in [2.05, 4.69) is 57.5 Å². The van der Waals surface area contributed by atoms with Crippen LogP contribution < -0.4 is 20.3 Å². The number of carbonyl (C=O) groups excluding carboxylic acids is 2. The molecule has 1 aliphatic heterocycles. The van der Waals surface area contributed by atoms with Crippen LogP contribution >= 0.6 is 0 Å². The van der Waals surface area contributed by atoms with Crippen LogP contribution in [0.1, 0.15) is 83.0 Å². The predicted molar refractivity (Wildman–Crippen MR) is 178 cm³/mol. The summed E-state index contributed by atoms with van der Waals surface area (Å²) in [4.78, 5) is 35.0. The molecule has 2 amide bonds. The van der Waals surface area contributed by atoms with Gasteiger partial charge in [-0.25, -0.2) is 0 Å². The Kier molecular flexibility index (Phi) is 11.4. The number of ether oxygens (including phenoxy) is 1. The molecule has 1 unspecified atom stereocenters. The number of methoxy groups -OCH3 is 1. The summed E-state index contributed by atoms with van der Waals surface area (Å²) < 4.78 is 5.40. The van der Waals surface area contributed by atoms with Crippen molar-refractivity contribution in [1.82, 2.24) is 20.5 Å². The SMILES string of the molecule is COc1ccc(N(Cc2cnccc2C)C2CCN(C(C)CCNC(=O)c3c(C)cc(C(=O)NC(C)C)cc3C)CC2)cc1. The van der Waals surface area contributed by atoms with E-state index >= 15 is 0 Å². The number of rotatable bonds is 12. The predicted octanol–water partition coefficient (Wildman–Crippen LogP) is 5.83. The third-order valence-corrected chi connectivity index (χ3v) is 8.74. The van der Waals surface area contributed by atoms with E-state index in [1.165, 1.54) is 16.8 Å². The number of aromatic nitrogens is 1. The van der Waals surface area contributed by atoms with Crippen LogP contribution in [-0.4, -0.2) is 66.6 Å². The molecule has 44 heavy (non-hydrogen) atoms. The van der Waals surface area contributed by atoms with Crippen molar-refractivity contribution in [3.63, 3.8) is 0 Å². The fourth-order valence-electron chi connectivity index (χ4n) is 6.15. The molecule has 1 atom stereocenters. The third kappa shape index (κ3) is 8.38. The Morgan fingerprint density at radius 2 is 1.64 bits per heavy atom. The number of benzene rings is 2. The molecular formula is C36H49N5O3. The van der Waals surface area contributed by atoms with E-state index in [4.69, 9.17) is 4.74 Å². The highest BCUT2D eigenvalue weighted by Crippen LogP contribution is 2.29. The van der Waals surface area contributed by atoms with E-state index < -0.39 is 0 Å². The Balaban J connectivity index is 1.32. The molecule has 1 aliphatic rings. The summed E-state index contributed by atoms with van der Waals surface area (Å²) in [7, 11) is 1.70. The van der Waals surface area contributed by atoms with Gasteiger partial charge in [0.1, 0.15) is 5.75 Å². The highest BCUT2D eigenvalue weighted by atomic mass is 16.5. The van der Waals surface area contributed by atoms with Crippen LogP contribution in [-0.2, 0) is 6.54 Å². The van der Waals surface area contributed by atoms with E-state index in [1.807, 2.05) is 52.2 Å². The number of nitrogens with zero attached hydrogens (tertiary/aromatic N) is 3. The summed E-state index contributed by atoms with van der Waals surface area (Å²) in [6, 6.07) is 14.9. The second-order valence-corrected chi connectivity index (χ2v) is 12.4. The highest BCUT2D eigenvalue weighted by Gasteiger charge is 2.28. The quantitative estimate of drug-likeness (QED) is 0.272. The number of likely N-dealkylation sites (tertiary alicyclic amines) is 1. The van der Waals surface area contributed by atoms with Crippen molar-refractivity contribution in [2.75, 3.05) is 31.6 Å². The van der Waals surface area contributed by atoms with Crippen LogP contribution in [0.25, 0.3) is 0 Å². The van der Waals surface area contributed by atoms with E-state index in [-0.39, 0.29) is 17.9 Å². The molecule has 4 rings (SSSR count). The maximum atomic E-state index is 13.1. The number of carbonyl (C=O) groups is 2. The molecular weight excluding hydrogens is 550 g/mol. The lowest BCUT2D eigenvalue weighted by Gasteiger charge is -2.42. The van der Waals surface area contributed by atoms with Gasteiger partial charge in [-0.3, -0.25) is 14.6 Å². The summed E-state index contributed by atoms with van der Waals surface area (Å²) in [6.07, 6.45) is 6.85. The Hall–Kier alpha value is -3.91. The van der Waals surface area contributed by atoms with Crippen LogP contribution in [0.3, 0.4) is 0 Å². The number of pyridine rings is 1. The van der Waals surface area contributed by atoms with Gasteiger partial charge in [0.2, 0.25) is 0 Å². The Bertz CT molecular complexity index is 1390. The number of amides is 2. The first-order valence-electron chi connectivity index (χ1n) is 15.8. The molecule has 0 saturated carbocycles. The van der Waals surface area contributed by atoms with E-state index in [0.717, 1.165) is 55.8 Å². The molecule has 236 valence electrons. The summed E-state index contributed by atoms with van der Waals surface area (Å²) in [5.41, 5.74) is 6.56. The molecule has 8 nitrogen and oxygen atoms in total. The number of anilines is 1. The summed E-state index contributed by atoms with van der Waals surface area (Å²) in [5, 5.41) is 6.05. The maximum Gasteiger partial charge on any atom is 0.251 e. The van der Waals surface area contributed by atoms with Crippen LogP contribution in [0.5, 0.6) is 5.75 Å². The fourth-order valence-corrected chi connectivity index (χ4v) is 6.15. The van der Waals surface area contributed by atoms with Gasteiger partial charge in [0.05, 0.1) is 7.11 Å². The third-order valence-electron chi connectivity index (χ3n) is 8.74. The molecule has 0 aliphatic carbocycles. The number of piperidine rings is 1. The maximum absolute atomic E-state index is 13.1. The van der Waals surface area contributed by atoms with Crippen molar-refractivity contribution < 1.29 is 14.3 Å². The molecule has 2 N–H and O–H groups in total. The first-order chi connectivity index (χ1) is 21.1. The normalized spacial score (nSPS) is 14.7. The van der Waals surface area contributed by atoms with Gasteiger partial charge in [-0.1, -0.05) is 0 Å². The van der Waals surface area contributed by atoms with Gasteiger partial charge in [0.25, 0.3) is 11.8 Å². The van der Waals surface area contributed by atoms with Gasteiger partial charge in [0, 0.05) is 73.5 Å². The monoisotopic (exact) mass is 599 g/mol. The van der Waals surface area contributed by atoms with E-state index in [1.54, 1.807) is 19.2 Å². The van der Waals surface area contributed by atoms with Gasteiger partial charge >= 0.3 is 0 Å². The molecule has 0 spiro atoms. The van der Waals surface area contributed by atoms with Crippen molar-refractivity contribution in [1.29, 1.82) is 0 Å². The second-order valence-electron chi connectivity index (χ2n) is 12.4. The van der Waals surface area contributed by atoms with Crippen LogP contribution in [0.2, 0.25) is 0 Å². The summed E-state index contributed by atoms with van der Waals surface area (Å²) in [5.74, 6) is 0.663.